The maximum absolute atomic E-state index is 9.26. The molecule has 11 heavy (non-hydrogen) atoms. The Kier molecular flexibility index (Phi) is 2.52. The molecule has 0 aliphatic carbocycles. The predicted octanol–water partition coefficient (Wildman–Crippen LogP) is 1.61. The van der Waals surface area contributed by atoms with Gasteiger partial charge < -0.3 is 5.11 Å². The zero-order chi connectivity index (χ0) is 8.43. The minimum Gasteiger partial charge on any atom is -0.387 e. The lowest BCUT2D eigenvalue weighted by Gasteiger charge is -2.06. The Morgan fingerprint density at radius 1 is 1.82 bits per heavy atom. The van der Waals surface area contributed by atoms with Crippen LogP contribution in [0.15, 0.2) is 6.20 Å². The molecule has 0 bridgehead atoms. The molecular formula is C7H11ClN2O. The van der Waals surface area contributed by atoms with E-state index in [2.05, 4.69) is 5.10 Å². The molecule has 1 aromatic rings. The number of nitrogens with zero attached hydrogens (tertiary/aromatic N) is 2. The highest BCUT2D eigenvalue weighted by Crippen LogP contribution is 2.21. The van der Waals surface area contributed by atoms with Crippen LogP contribution >= 0.6 is 11.6 Å². The van der Waals surface area contributed by atoms with Crippen molar-refractivity contribution in [2.45, 2.75) is 26.5 Å². The molecule has 1 rings (SSSR count). The van der Waals surface area contributed by atoms with Crippen LogP contribution in [0, 0.1) is 0 Å². The van der Waals surface area contributed by atoms with Crippen LogP contribution in [0.3, 0.4) is 0 Å². The van der Waals surface area contributed by atoms with Crippen LogP contribution in [0.4, 0.5) is 0 Å². The molecule has 0 radical (unpaired) electrons. The van der Waals surface area contributed by atoms with Gasteiger partial charge in [-0.2, -0.15) is 5.10 Å². The maximum Gasteiger partial charge on any atom is 0.0943 e. The number of aliphatic hydroxyl groups is 1. The summed E-state index contributed by atoms with van der Waals surface area (Å²) in [7, 11) is 0. The molecule has 0 fully saturated rings. The summed E-state index contributed by atoms with van der Waals surface area (Å²) >= 11 is 5.78. The van der Waals surface area contributed by atoms with Gasteiger partial charge in [0.25, 0.3) is 0 Å². The molecule has 1 N–H and O–H groups in total. The van der Waals surface area contributed by atoms with Crippen LogP contribution in [0.5, 0.6) is 0 Å². The van der Waals surface area contributed by atoms with Gasteiger partial charge in [0, 0.05) is 6.54 Å². The van der Waals surface area contributed by atoms with Gasteiger partial charge in [-0.1, -0.05) is 11.6 Å². The van der Waals surface area contributed by atoms with Crippen LogP contribution in [0.1, 0.15) is 25.6 Å². The summed E-state index contributed by atoms with van der Waals surface area (Å²) in [4.78, 5) is 0. The van der Waals surface area contributed by atoms with Gasteiger partial charge in [0.15, 0.2) is 0 Å². The largest absolute Gasteiger partial charge is 0.387 e. The zero-order valence-corrected chi connectivity index (χ0v) is 7.34. The molecule has 0 aliphatic rings. The highest BCUT2D eigenvalue weighted by Gasteiger charge is 2.12. The third-order valence-electron chi connectivity index (χ3n) is 1.53. The van der Waals surface area contributed by atoms with E-state index in [1.807, 2.05) is 6.92 Å². The monoisotopic (exact) mass is 174 g/mol. The van der Waals surface area contributed by atoms with E-state index in [0.29, 0.717) is 10.7 Å². The predicted molar refractivity (Wildman–Crippen MR) is 43.5 cm³/mol. The van der Waals surface area contributed by atoms with E-state index in [1.165, 1.54) is 0 Å². The molecule has 0 spiro atoms. The normalized spacial score (nSPS) is 13.5. The molecular weight excluding hydrogens is 164 g/mol. The number of halogens is 1. The Labute approximate surface area is 70.6 Å². The van der Waals surface area contributed by atoms with Gasteiger partial charge in [-0.3, -0.25) is 4.68 Å². The van der Waals surface area contributed by atoms with E-state index in [-0.39, 0.29) is 0 Å². The average molecular weight is 175 g/mol. The summed E-state index contributed by atoms with van der Waals surface area (Å²) in [6.45, 7) is 4.36. The lowest BCUT2D eigenvalue weighted by atomic mass is 10.3. The van der Waals surface area contributed by atoms with Crippen molar-refractivity contribution >= 4 is 11.6 Å². The van der Waals surface area contributed by atoms with E-state index >= 15 is 0 Å². The van der Waals surface area contributed by atoms with Gasteiger partial charge >= 0.3 is 0 Å². The first-order valence-corrected chi connectivity index (χ1v) is 3.93. The van der Waals surface area contributed by atoms with Gasteiger partial charge in [0.05, 0.1) is 23.0 Å². The Bertz CT molecular complexity index is 245. The zero-order valence-electron chi connectivity index (χ0n) is 6.58. The molecule has 4 heteroatoms. The van der Waals surface area contributed by atoms with Crippen LogP contribution in [0.25, 0.3) is 0 Å². The van der Waals surface area contributed by atoms with Crippen molar-refractivity contribution in [2.75, 3.05) is 0 Å². The van der Waals surface area contributed by atoms with Crippen molar-refractivity contribution in [1.82, 2.24) is 9.78 Å². The molecule has 0 amide bonds. The van der Waals surface area contributed by atoms with Crippen LogP contribution in [-0.2, 0) is 6.54 Å². The quantitative estimate of drug-likeness (QED) is 0.740. The first-order chi connectivity index (χ1) is 5.16. The van der Waals surface area contributed by atoms with Gasteiger partial charge in [-0.25, -0.2) is 0 Å². The molecule has 1 atom stereocenters. The number of rotatable bonds is 2. The molecule has 1 heterocycles. The molecule has 0 saturated heterocycles. The average Bonchev–Trinajstić information content (AvgIpc) is 2.30. The molecule has 3 nitrogen and oxygen atoms in total. The van der Waals surface area contributed by atoms with Gasteiger partial charge in [-0.15, -0.1) is 0 Å². The van der Waals surface area contributed by atoms with Crippen LogP contribution in [-0.4, -0.2) is 14.9 Å². The Balaban J connectivity index is 3.07. The highest BCUT2D eigenvalue weighted by molar-refractivity contribution is 6.31. The number of aromatic nitrogens is 2. The smallest absolute Gasteiger partial charge is 0.0943 e. The summed E-state index contributed by atoms with van der Waals surface area (Å²) in [5.74, 6) is 0. The molecule has 0 saturated carbocycles. The van der Waals surface area contributed by atoms with Crippen molar-refractivity contribution in [3.63, 3.8) is 0 Å². The van der Waals surface area contributed by atoms with Crippen LogP contribution < -0.4 is 0 Å². The number of hydrogen-bond acceptors (Lipinski definition) is 2. The molecule has 0 aliphatic heterocycles. The van der Waals surface area contributed by atoms with Gasteiger partial charge in [0.2, 0.25) is 0 Å². The number of aliphatic hydroxyl groups excluding tert-OH is 1. The highest BCUT2D eigenvalue weighted by atomic mass is 35.5. The Morgan fingerprint density at radius 3 is 2.82 bits per heavy atom. The standard InChI is InChI=1S/C7H11ClN2O/c1-3-10-7(5(2)11)6(8)4-9-10/h4-5,11H,3H2,1-2H3. The Morgan fingerprint density at radius 2 is 2.45 bits per heavy atom. The third kappa shape index (κ3) is 1.54. The molecule has 1 unspecified atom stereocenters. The van der Waals surface area contributed by atoms with E-state index in [9.17, 15) is 5.11 Å². The second-order valence-corrected chi connectivity index (χ2v) is 2.78. The van der Waals surface area contributed by atoms with Crippen LogP contribution in [0.2, 0.25) is 5.02 Å². The fraction of sp³-hybridized carbons (Fsp3) is 0.571. The van der Waals surface area contributed by atoms with Crippen molar-refractivity contribution in [3.05, 3.63) is 16.9 Å². The minimum absolute atomic E-state index is 0.529. The number of hydrogen-bond donors (Lipinski definition) is 1. The third-order valence-corrected chi connectivity index (χ3v) is 1.82. The first kappa shape index (κ1) is 8.56. The van der Waals surface area contributed by atoms with E-state index in [4.69, 9.17) is 11.6 Å². The Hall–Kier alpha value is -0.540. The molecule has 1 aromatic heterocycles. The topological polar surface area (TPSA) is 38.0 Å². The first-order valence-electron chi connectivity index (χ1n) is 3.56. The summed E-state index contributed by atoms with van der Waals surface area (Å²) in [5.41, 5.74) is 0.689. The van der Waals surface area contributed by atoms with E-state index < -0.39 is 6.10 Å². The van der Waals surface area contributed by atoms with Crippen molar-refractivity contribution in [1.29, 1.82) is 0 Å². The van der Waals surface area contributed by atoms with E-state index in [0.717, 1.165) is 6.54 Å². The summed E-state index contributed by atoms with van der Waals surface area (Å²) in [6.07, 6.45) is 0.998. The van der Waals surface area contributed by atoms with Crippen molar-refractivity contribution < 1.29 is 5.11 Å². The maximum atomic E-state index is 9.26. The minimum atomic E-state index is -0.551. The van der Waals surface area contributed by atoms with Gasteiger partial charge in [0.1, 0.15) is 0 Å². The lowest BCUT2D eigenvalue weighted by molar-refractivity contribution is 0.187. The summed E-state index contributed by atoms with van der Waals surface area (Å²) in [6, 6.07) is 0. The fourth-order valence-corrected chi connectivity index (χ4v) is 1.34. The van der Waals surface area contributed by atoms with E-state index in [1.54, 1.807) is 17.8 Å². The van der Waals surface area contributed by atoms with Gasteiger partial charge in [-0.05, 0) is 13.8 Å². The summed E-state index contributed by atoms with van der Waals surface area (Å²) in [5, 5.41) is 13.8. The lowest BCUT2D eigenvalue weighted by Crippen LogP contribution is -2.05. The fourth-order valence-electron chi connectivity index (χ4n) is 1.04. The second kappa shape index (κ2) is 3.24. The molecule has 0 aromatic carbocycles. The molecule has 62 valence electrons. The summed E-state index contributed by atoms with van der Waals surface area (Å²) < 4.78 is 1.69. The number of aryl methyl sites for hydroxylation is 1. The second-order valence-electron chi connectivity index (χ2n) is 2.37. The SMILES string of the molecule is CCn1ncc(Cl)c1C(C)O. The van der Waals surface area contributed by atoms with Crippen molar-refractivity contribution in [3.8, 4) is 0 Å². The van der Waals surface area contributed by atoms with Crippen molar-refractivity contribution in [2.24, 2.45) is 0 Å².